The third-order valence-electron chi connectivity index (χ3n) is 0. The summed E-state index contributed by atoms with van der Waals surface area (Å²) >= 11 is 0. The van der Waals surface area contributed by atoms with E-state index in [4.69, 9.17) is 14.1 Å². The van der Waals surface area contributed by atoms with Gasteiger partial charge in [-0.3, -0.25) is 0 Å². The second kappa shape index (κ2) is 15.9. The maximum absolute atomic E-state index is 8.52. The third-order valence-corrected chi connectivity index (χ3v) is 0. The topological polar surface area (TPSA) is 63.2 Å². The molecule has 0 aromatic carbocycles. The largest absolute Gasteiger partial charge is 1.00 e. The van der Waals surface area contributed by atoms with Crippen LogP contribution in [0, 0.1) is 0 Å². The number of hydrogen-bond acceptors (Lipinski definition) is 3. The first-order chi connectivity index (χ1) is 1.73. The number of hydrogen-bond donors (Lipinski definition) is 0. The Hall–Kier alpha value is 2.85. The molecule has 0 unspecified atom stereocenters. The summed E-state index contributed by atoms with van der Waals surface area (Å²) in [5.41, 5.74) is 0. The molecule has 0 amide bonds. The number of rotatable bonds is 0. The summed E-state index contributed by atoms with van der Waals surface area (Å²) < 4.78 is 8.52. The van der Waals surface area contributed by atoms with Crippen LogP contribution < -0.4 is 109 Å². The molecule has 7 heteroatoms. The zero-order valence-electron chi connectivity index (χ0n) is 5.72. The average Bonchev–Trinajstić information content (AvgIpc) is 0.811. The van der Waals surface area contributed by atoms with E-state index in [2.05, 4.69) is 0 Å². The first-order valence-electron chi connectivity index (χ1n) is 0.612. The second-order valence-corrected chi connectivity index (χ2v) is 0.750. The molecule has 26 valence electrons. The minimum absolute atomic E-state index is 0. The molecule has 0 bridgehead atoms. The zero-order chi connectivity index (χ0) is 3.58. The van der Waals surface area contributed by atoms with Gasteiger partial charge in [0.25, 0.3) is 0 Å². The Morgan fingerprint density at radius 3 is 1.43 bits per heavy atom. The summed E-state index contributed by atoms with van der Waals surface area (Å²) in [7, 11) is -3.63. The van der Waals surface area contributed by atoms with E-state index in [0.717, 1.165) is 0 Å². The van der Waals surface area contributed by atoms with Crippen LogP contribution in [-0.4, -0.2) is 9.17 Å². The molecular formula is HKLiNaO3Si. The average molecular weight is 146 g/mol. The Balaban J connectivity index is -0.00000000750. The minimum Gasteiger partial charge on any atom is -1.00 e. The Bertz CT molecular complexity index is 42.3. The maximum Gasteiger partial charge on any atom is 1.00 e. The van der Waals surface area contributed by atoms with E-state index in [1.165, 1.54) is 0 Å². The van der Waals surface area contributed by atoms with Gasteiger partial charge in [-0.25, -0.2) is 0 Å². The van der Waals surface area contributed by atoms with Crippen LogP contribution in [0.5, 0.6) is 0 Å². The van der Waals surface area contributed by atoms with Crippen molar-refractivity contribution in [3.63, 3.8) is 0 Å². The van der Waals surface area contributed by atoms with E-state index in [0.29, 0.717) is 0 Å². The standard InChI is InChI=1S/K.Li.Na.O3Si.H/c;;;1-4(2)3;/q3*+1;-2;-1. The predicted molar refractivity (Wildman–Crippen MR) is 7.55 cm³/mol. The van der Waals surface area contributed by atoms with Crippen molar-refractivity contribution in [1.29, 1.82) is 0 Å². The van der Waals surface area contributed by atoms with Gasteiger partial charge < -0.3 is 15.5 Å². The van der Waals surface area contributed by atoms with Crippen molar-refractivity contribution in [1.82, 2.24) is 0 Å². The van der Waals surface area contributed by atoms with Gasteiger partial charge in [-0.2, -0.15) is 0 Å². The van der Waals surface area contributed by atoms with Gasteiger partial charge in [0.2, 0.25) is 0 Å². The van der Waals surface area contributed by atoms with E-state index in [9.17, 15) is 0 Å². The molecule has 0 N–H and O–H groups in total. The Morgan fingerprint density at radius 2 is 1.43 bits per heavy atom. The minimum atomic E-state index is -3.63. The van der Waals surface area contributed by atoms with E-state index < -0.39 is 9.17 Å². The Morgan fingerprint density at radius 1 is 1.43 bits per heavy atom. The molecule has 0 saturated carbocycles. The molecule has 0 atom stereocenters. The van der Waals surface area contributed by atoms with Crippen molar-refractivity contribution >= 4 is 9.17 Å². The smallest absolute Gasteiger partial charge is 1.00 e. The molecule has 0 aromatic rings. The van der Waals surface area contributed by atoms with E-state index >= 15 is 0 Å². The molecule has 0 aliphatic rings. The van der Waals surface area contributed by atoms with Crippen LogP contribution in [0.15, 0.2) is 0 Å². The van der Waals surface area contributed by atoms with Gasteiger partial charge in [0.1, 0.15) is 0 Å². The molecule has 3 nitrogen and oxygen atoms in total. The van der Waals surface area contributed by atoms with Crippen molar-refractivity contribution in [3.05, 3.63) is 0 Å². The van der Waals surface area contributed by atoms with Gasteiger partial charge in [0.05, 0.1) is 0 Å². The molecule has 0 saturated heterocycles. The Kier molecular flexibility index (Phi) is 51.3. The summed E-state index contributed by atoms with van der Waals surface area (Å²) in [6, 6.07) is 0. The first-order valence-corrected chi connectivity index (χ1v) is 1.84. The molecule has 0 aliphatic carbocycles. The van der Waals surface area contributed by atoms with Gasteiger partial charge >= 0.3 is 99.8 Å². The zero-order valence-corrected chi connectivity index (χ0v) is 10.8. The molecule has 0 radical (unpaired) electrons. The Labute approximate surface area is 122 Å². The maximum atomic E-state index is 8.52. The molecule has 7 heavy (non-hydrogen) atoms. The van der Waals surface area contributed by atoms with Crippen LogP contribution in [-0.2, 0) is 4.46 Å². The van der Waals surface area contributed by atoms with Crippen molar-refractivity contribution in [2.75, 3.05) is 0 Å². The van der Waals surface area contributed by atoms with Crippen molar-refractivity contribution < 1.29 is 115 Å². The monoisotopic (exact) mass is 146 g/mol. The molecule has 0 spiro atoms. The van der Waals surface area contributed by atoms with Crippen LogP contribution in [0.3, 0.4) is 0 Å². The van der Waals surface area contributed by atoms with Crippen LogP contribution in [0.4, 0.5) is 0 Å². The summed E-state index contributed by atoms with van der Waals surface area (Å²) in [5.74, 6) is 0. The normalized spacial score (nSPS) is 3.43. The van der Waals surface area contributed by atoms with E-state index in [-0.39, 0.29) is 101 Å². The molecular weight excluding hydrogens is 145 g/mol. The fourth-order valence-corrected chi connectivity index (χ4v) is 0. The van der Waals surface area contributed by atoms with Crippen molar-refractivity contribution in [2.45, 2.75) is 0 Å². The summed E-state index contributed by atoms with van der Waals surface area (Å²) in [6.07, 6.45) is 0. The molecule has 0 rings (SSSR count). The van der Waals surface area contributed by atoms with Gasteiger partial charge in [-0.05, 0) is 0 Å². The van der Waals surface area contributed by atoms with Crippen LogP contribution >= 0.6 is 0 Å². The van der Waals surface area contributed by atoms with Crippen LogP contribution in [0.2, 0.25) is 0 Å². The first kappa shape index (κ1) is 22.5. The van der Waals surface area contributed by atoms with Crippen LogP contribution in [0.25, 0.3) is 0 Å². The SMILES string of the molecule is O=[Si]([O-])[O-].[H-].[K+].[Li+].[Na+]. The van der Waals surface area contributed by atoms with Crippen molar-refractivity contribution in [3.8, 4) is 0 Å². The molecule has 0 heterocycles. The van der Waals surface area contributed by atoms with Gasteiger partial charge in [-0.1, -0.05) is 0 Å². The van der Waals surface area contributed by atoms with E-state index in [1.54, 1.807) is 0 Å². The fraction of sp³-hybridized carbons (Fsp3) is 0. The second-order valence-electron chi connectivity index (χ2n) is 0.250. The molecule has 0 fully saturated rings. The predicted octanol–water partition coefficient (Wildman–Crippen LogP) is -11.8. The third kappa shape index (κ3) is 51.1. The fourth-order valence-electron chi connectivity index (χ4n) is 0. The summed E-state index contributed by atoms with van der Waals surface area (Å²) in [4.78, 5) is 17.0. The summed E-state index contributed by atoms with van der Waals surface area (Å²) in [6.45, 7) is 0. The van der Waals surface area contributed by atoms with Gasteiger partial charge in [0, 0.05) is 9.17 Å². The van der Waals surface area contributed by atoms with Crippen molar-refractivity contribution in [2.24, 2.45) is 0 Å². The quantitative estimate of drug-likeness (QED) is 0.319. The summed E-state index contributed by atoms with van der Waals surface area (Å²) in [5, 5.41) is 0. The van der Waals surface area contributed by atoms with Gasteiger partial charge in [0.15, 0.2) is 0 Å². The van der Waals surface area contributed by atoms with Gasteiger partial charge in [-0.15, -0.1) is 0 Å². The molecule has 0 aromatic heterocycles. The van der Waals surface area contributed by atoms with E-state index in [1.807, 2.05) is 0 Å². The molecule has 0 aliphatic heterocycles. The van der Waals surface area contributed by atoms with Crippen LogP contribution in [0.1, 0.15) is 1.43 Å².